The predicted octanol–water partition coefficient (Wildman–Crippen LogP) is 2.89. The maximum Gasteiger partial charge on any atom is 0.244 e. The first-order valence-electron chi connectivity index (χ1n) is 9.75. The molecule has 0 aliphatic rings. The lowest BCUT2D eigenvalue weighted by atomic mass is 10.1. The third kappa shape index (κ3) is 6.21. The second-order valence-electron chi connectivity index (χ2n) is 7.43. The Hall–Kier alpha value is -2.58. The first-order chi connectivity index (χ1) is 14.5. The van der Waals surface area contributed by atoms with E-state index in [1.165, 1.54) is 11.9 Å². The van der Waals surface area contributed by atoms with Crippen molar-refractivity contribution in [3.63, 3.8) is 0 Å². The number of nitrogens with one attached hydrogen (secondary N) is 1. The fraction of sp³-hybridized carbons (Fsp3) is 0.364. The molecule has 0 aliphatic heterocycles. The SMILES string of the molecule is CNC(=O)[C@@H](C)N(Cc1ccc(Cl)cc1)C(=O)CN(c1cccc(C)c1C)S(C)(=O)=O. The van der Waals surface area contributed by atoms with Crippen molar-refractivity contribution in [2.24, 2.45) is 0 Å². The number of hydrogen-bond donors (Lipinski definition) is 1. The molecule has 0 bridgehead atoms. The molecule has 0 aromatic heterocycles. The second kappa shape index (κ2) is 10.2. The molecule has 2 aromatic rings. The molecule has 0 aliphatic carbocycles. The molecule has 1 atom stereocenters. The summed E-state index contributed by atoms with van der Waals surface area (Å²) in [7, 11) is -2.26. The fourth-order valence-corrected chi connectivity index (χ4v) is 4.20. The van der Waals surface area contributed by atoms with Crippen molar-refractivity contribution in [1.29, 1.82) is 0 Å². The van der Waals surface area contributed by atoms with Crippen LogP contribution in [0.2, 0.25) is 5.02 Å². The molecule has 0 spiro atoms. The summed E-state index contributed by atoms with van der Waals surface area (Å²) in [6.07, 6.45) is 1.06. The number of halogens is 1. The molecule has 2 amide bonds. The number of aryl methyl sites for hydroxylation is 1. The van der Waals surface area contributed by atoms with Crippen LogP contribution in [0.15, 0.2) is 42.5 Å². The van der Waals surface area contributed by atoms with E-state index in [1.807, 2.05) is 19.9 Å². The summed E-state index contributed by atoms with van der Waals surface area (Å²) in [5, 5.41) is 3.10. The van der Waals surface area contributed by atoms with Crippen molar-refractivity contribution >= 4 is 39.1 Å². The Morgan fingerprint density at radius 2 is 1.71 bits per heavy atom. The van der Waals surface area contributed by atoms with Crippen LogP contribution in [0.4, 0.5) is 5.69 Å². The summed E-state index contributed by atoms with van der Waals surface area (Å²) < 4.78 is 26.2. The van der Waals surface area contributed by atoms with Crippen molar-refractivity contribution < 1.29 is 18.0 Å². The lowest BCUT2D eigenvalue weighted by Gasteiger charge is -2.31. The molecule has 1 N–H and O–H groups in total. The highest BCUT2D eigenvalue weighted by Gasteiger charge is 2.30. The number of carbonyl (C=O) groups excluding carboxylic acids is 2. The Balaban J connectivity index is 2.42. The molecule has 168 valence electrons. The molecule has 0 saturated carbocycles. The molecule has 0 heterocycles. The first kappa shape index (κ1) is 24.7. The lowest BCUT2D eigenvalue weighted by Crippen LogP contribution is -2.50. The van der Waals surface area contributed by atoms with Crippen LogP contribution in [0.1, 0.15) is 23.6 Å². The molecular weight excluding hydrogens is 438 g/mol. The smallest absolute Gasteiger partial charge is 0.244 e. The highest BCUT2D eigenvalue weighted by Crippen LogP contribution is 2.25. The van der Waals surface area contributed by atoms with Gasteiger partial charge in [0.2, 0.25) is 21.8 Å². The Labute approximate surface area is 189 Å². The topological polar surface area (TPSA) is 86.8 Å². The summed E-state index contributed by atoms with van der Waals surface area (Å²) in [5.74, 6) is -0.836. The maximum atomic E-state index is 13.3. The number of amides is 2. The summed E-state index contributed by atoms with van der Waals surface area (Å²) in [6.45, 7) is 5.01. The van der Waals surface area contributed by atoms with Gasteiger partial charge in [-0.25, -0.2) is 8.42 Å². The van der Waals surface area contributed by atoms with E-state index in [4.69, 9.17) is 11.6 Å². The van der Waals surface area contributed by atoms with Gasteiger partial charge in [-0.3, -0.25) is 13.9 Å². The van der Waals surface area contributed by atoms with Crippen molar-refractivity contribution in [2.75, 3.05) is 24.2 Å². The van der Waals surface area contributed by atoms with E-state index in [9.17, 15) is 18.0 Å². The highest BCUT2D eigenvalue weighted by atomic mass is 35.5. The number of carbonyl (C=O) groups is 2. The van der Waals surface area contributed by atoms with E-state index in [1.54, 1.807) is 43.3 Å². The summed E-state index contributed by atoms with van der Waals surface area (Å²) in [4.78, 5) is 27.0. The number of anilines is 1. The average Bonchev–Trinajstić information content (AvgIpc) is 2.71. The van der Waals surface area contributed by atoms with Crippen molar-refractivity contribution in [2.45, 2.75) is 33.4 Å². The molecule has 2 aromatic carbocycles. The van der Waals surface area contributed by atoms with Gasteiger partial charge in [0.15, 0.2) is 0 Å². The molecule has 0 radical (unpaired) electrons. The molecule has 2 rings (SSSR count). The predicted molar refractivity (Wildman–Crippen MR) is 124 cm³/mol. The van der Waals surface area contributed by atoms with Gasteiger partial charge in [-0.2, -0.15) is 0 Å². The zero-order chi connectivity index (χ0) is 23.3. The van der Waals surface area contributed by atoms with Crippen LogP contribution in [-0.2, 0) is 26.2 Å². The van der Waals surface area contributed by atoms with E-state index >= 15 is 0 Å². The van der Waals surface area contributed by atoms with Crippen molar-refractivity contribution in [1.82, 2.24) is 10.2 Å². The third-order valence-electron chi connectivity index (χ3n) is 5.20. The Morgan fingerprint density at radius 1 is 1.10 bits per heavy atom. The zero-order valence-corrected chi connectivity index (χ0v) is 19.9. The van der Waals surface area contributed by atoms with E-state index in [0.29, 0.717) is 10.7 Å². The zero-order valence-electron chi connectivity index (χ0n) is 18.3. The van der Waals surface area contributed by atoms with Gasteiger partial charge in [0.1, 0.15) is 12.6 Å². The minimum Gasteiger partial charge on any atom is -0.357 e. The van der Waals surface area contributed by atoms with Crippen molar-refractivity contribution in [3.8, 4) is 0 Å². The third-order valence-corrected chi connectivity index (χ3v) is 6.58. The largest absolute Gasteiger partial charge is 0.357 e. The van der Waals surface area contributed by atoms with E-state index in [-0.39, 0.29) is 12.5 Å². The molecule has 7 nitrogen and oxygen atoms in total. The number of hydrogen-bond acceptors (Lipinski definition) is 4. The van der Waals surface area contributed by atoms with Gasteiger partial charge in [0.25, 0.3) is 0 Å². The Kier molecular flexibility index (Phi) is 8.08. The number of sulfonamides is 1. The fourth-order valence-electron chi connectivity index (χ4n) is 3.18. The van der Waals surface area contributed by atoms with Crippen LogP contribution in [0.3, 0.4) is 0 Å². The maximum absolute atomic E-state index is 13.3. The monoisotopic (exact) mass is 465 g/mol. The standard InChI is InChI=1S/C22H28ClN3O4S/c1-15-7-6-8-20(16(15)2)26(31(5,29)30)14-21(27)25(17(3)22(28)24-4)13-18-9-11-19(23)12-10-18/h6-12,17H,13-14H2,1-5H3,(H,24,28)/t17-/m1/s1. The highest BCUT2D eigenvalue weighted by molar-refractivity contribution is 7.92. The number of rotatable bonds is 8. The van der Waals surface area contributed by atoms with Crippen LogP contribution >= 0.6 is 11.6 Å². The normalized spacial score (nSPS) is 12.2. The van der Waals surface area contributed by atoms with Crippen LogP contribution in [-0.4, -0.2) is 51.0 Å². The Bertz CT molecular complexity index is 1050. The van der Waals surface area contributed by atoms with Crippen LogP contribution in [0.25, 0.3) is 0 Å². The molecule has 0 unspecified atom stereocenters. The summed E-state index contributed by atoms with van der Waals surface area (Å²) >= 11 is 5.94. The van der Waals surface area contributed by atoms with Gasteiger partial charge in [0.05, 0.1) is 11.9 Å². The van der Waals surface area contributed by atoms with Gasteiger partial charge in [0, 0.05) is 18.6 Å². The van der Waals surface area contributed by atoms with E-state index < -0.39 is 28.5 Å². The molecular formula is C22H28ClN3O4S. The molecule has 0 saturated heterocycles. The number of likely N-dealkylation sites (N-methyl/N-ethyl adjacent to an activating group) is 1. The molecule has 31 heavy (non-hydrogen) atoms. The van der Waals surface area contributed by atoms with E-state index in [0.717, 1.165) is 27.3 Å². The minimum absolute atomic E-state index is 0.134. The molecule has 9 heteroatoms. The Morgan fingerprint density at radius 3 is 2.26 bits per heavy atom. The van der Waals surface area contributed by atoms with Crippen LogP contribution in [0, 0.1) is 13.8 Å². The minimum atomic E-state index is -3.75. The van der Waals surface area contributed by atoms with Gasteiger partial charge in [-0.05, 0) is 55.7 Å². The number of benzene rings is 2. The van der Waals surface area contributed by atoms with Gasteiger partial charge < -0.3 is 10.2 Å². The van der Waals surface area contributed by atoms with Crippen molar-refractivity contribution in [3.05, 3.63) is 64.2 Å². The van der Waals surface area contributed by atoms with Gasteiger partial charge >= 0.3 is 0 Å². The quantitative estimate of drug-likeness (QED) is 0.649. The summed E-state index contributed by atoms with van der Waals surface area (Å²) in [5.41, 5.74) is 2.89. The summed E-state index contributed by atoms with van der Waals surface area (Å²) in [6, 6.07) is 11.4. The van der Waals surface area contributed by atoms with Gasteiger partial charge in [-0.15, -0.1) is 0 Å². The van der Waals surface area contributed by atoms with Gasteiger partial charge in [-0.1, -0.05) is 35.9 Å². The number of nitrogens with zero attached hydrogens (tertiary/aromatic N) is 2. The first-order valence-corrected chi connectivity index (χ1v) is 12.0. The van der Waals surface area contributed by atoms with Crippen LogP contribution in [0.5, 0.6) is 0 Å². The van der Waals surface area contributed by atoms with Crippen LogP contribution < -0.4 is 9.62 Å². The lowest BCUT2D eigenvalue weighted by molar-refractivity contribution is -0.139. The second-order valence-corrected chi connectivity index (χ2v) is 9.77. The molecule has 0 fully saturated rings. The van der Waals surface area contributed by atoms with E-state index in [2.05, 4.69) is 5.32 Å². The average molecular weight is 466 g/mol.